The first-order valence-electron chi connectivity index (χ1n) is 14.8. The summed E-state index contributed by atoms with van der Waals surface area (Å²) in [6.07, 6.45) is 9.88. The van der Waals surface area contributed by atoms with E-state index < -0.39 is 5.97 Å². The number of ether oxygens (including phenoxy) is 3. The molecule has 1 atom stereocenters. The van der Waals surface area contributed by atoms with Crippen molar-refractivity contribution < 1.29 is 23.8 Å². The molecular formula is C34H42N2O5. The van der Waals surface area contributed by atoms with E-state index in [0.29, 0.717) is 28.3 Å². The van der Waals surface area contributed by atoms with Crippen molar-refractivity contribution in [1.82, 2.24) is 0 Å². The second-order valence-corrected chi connectivity index (χ2v) is 10.00. The molecule has 0 aromatic heterocycles. The van der Waals surface area contributed by atoms with Crippen LogP contribution in [-0.4, -0.2) is 24.6 Å². The molecule has 0 aliphatic heterocycles. The third kappa shape index (κ3) is 11.2. The minimum atomic E-state index is -0.505. The van der Waals surface area contributed by atoms with E-state index in [9.17, 15) is 9.59 Å². The van der Waals surface area contributed by atoms with Gasteiger partial charge < -0.3 is 14.2 Å². The Balaban J connectivity index is 1.45. The summed E-state index contributed by atoms with van der Waals surface area (Å²) in [6, 6.07) is 20.6. The maximum Gasteiger partial charge on any atom is 0.343 e. The summed E-state index contributed by atoms with van der Waals surface area (Å²) in [4.78, 5) is 25.0. The van der Waals surface area contributed by atoms with E-state index in [-0.39, 0.29) is 12.1 Å². The van der Waals surface area contributed by atoms with Crippen molar-refractivity contribution in [1.29, 1.82) is 0 Å². The van der Waals surface area contributed by atoms with Gasteiger partial charge in [-0.2, -0.15) is 10.2 Å². The Bertz CT molecular complexity index is 1220. The largest absolute Gasteiger partial charge is 0.494 e. The second-order valence-electron chi connectivity index (χ2n) is 10.00. The van der Waals surface area contributed by atoms with E-state index in [4.69, 9.17) is 14.2 Å². The molecule has 7 nitrogen and oxygen atoms in total. The van der Waals surface area contributed by atoms with E-state index >= 15 is 0 Å². The van der Waals surface area contributed by atoms with Gasteiger partial charge in [-0.1, -0.05) is 59.3 Å². The van der Waals surface area contributed by atoms with Gasteiger partial charge in [0.25, 0.3) is 0 Å². The van der Waals surface area contributed by atoms with E-state index in [1.807, 2.05) is 31.2 Å². The zero-order chi connectivity index (χ0) is 29.3. The summed E-state index contributed by atoms with van der Waals surface area (Å²) in [7, 11) is 0. The molecule has 0 saturated carbocycles. The van der Waals surface area contributed by atoms with Crippen LogP contribution in [0.3, 0.4) is 0 Å². The summed E-state index contributed by atoms with van der Waals surface area (Å²) in [5.74, 6) is 0.289. The number of benzene rings is 3. The van der Waals surface area contributed by atoms with Gasteiger partial charge in [0.05, 0.1) is 29.1 Å². The molecule has 3 aromatic rings. The number of unbranched alkanes of at least 4 members (excludes halogenated alkanes) is 5. The van der Waals surface area contributed by atoms with Crippen molar-refractivity contribution >= 4 is 23.3 Å². The highest BCUT2D eigenvalue weighted by molar-refractivity contribution is 5.92. The second kappa shape index (κ2) is 17.6. The van der Waals surface area contributed by atoms with Crippen molar-refractivity contribution in [2.45, 2.75) is 84.7 Å². The topological polar surface area (TPSA) is 86.5 Å². The summed E-state index contributed by atoms with van der Waals surface area (Å²) < 4.78 is 16.8. The predicted octanol–water partition coefficient (Wildman–Crippen LogP) is 9.80. The smallest absolute Gasteiger partial charge is 0.343 e. The third-order valence-electron chi connectivity index (χ3n) is 6.63. The quantitative estimate of drug-likeness (QED) is 0.0712. The van der Waals surface area contributed by atoms with Gasteiger partial charge in [0.15, 0.2) is 0 Å². The Kier molecular flexibility index (Phi) is 13.6. The molecule has 3 aromatic carbocycles. The van der Waals surface area contributed by atoms with Gasteiger partial charge in [-0.15, -0.1) is 0 Å². The minimum Gasteiger partial charge on any atom is -0.494 e. The van der Waals surface area contributed by atoms with Crippen LogP contribution in [0, 0.1) is 0 Å². The summed E-state index contributed by atoms with van der Waals surface area (Å²) in [5, 5.41) is 8.52. The van der Waals surface area contributed by atoms with Crippen molar-refractivity contribution in [3.8, 4) is 11.5 Å². The summed E-state index contributed by atoms with van der Waals surface area (Å²) >= 11 is 0. The molecule has 0 aliphatic carbocycles. The van der Waals surface area contributed by atoms with Gasteiger partial charge in [0.2, 0.25) is 0 Å². The Morgan fingerprint density at radius 1 is 0.634 bits per heavy atom. The van der Waals surface area contributed by atoms with Gasteiger partial charge in [-0.05, 0) is 92.1 Å². The molecule has 0 bridgehead atoms. The lowest BCUT2D eigenvalue weighted by molar-refractivity contribution is 0.0271. The Morgan fingerprint density at radius 2 is 1.17 bits per heavy atom. The Morgan fingerprint density at radius 3 is 1.78 bits per heavy atom. The van der Waals surface area contributed by atoms with Gasteiger partial charge in [0, 0.05) is 0 Å². The molecule has 0 fully saturated rings. The molecule has 7 heteroatoms. The molecule has 3 rings (SSSR count). The highest BCUT2D eigenvalue weighted by atomic mass is 16.5. The normalized spacial score (nSPS) is 11.8. The molecule has 41 heavy (non-hydrogen) atoms. The number of carbonyl (C=O) groups excluding carboxylic acids is 2. The first-order valence-corrected chi connectivity index (χ1v) is 14.8. The molecule has 0 saturated heterocycles. The molecule has 0 aliphatic rings. The van der Waals surface area contributed by atoms with Gasteiger partial charge in [0.1, 0.15) is 17.6 Å². The van der Waals surface area contributed by atoms with Crippen LogP contribution < -0.4 is 9.47 Å². The molecule has 0 amide bonds. The van der Waals surface area contributed by atoms with Crippen LogP contribution in [0.1, 0.15) is 99.3 Å². The molecule has 0 radical (unpaired) electrons. The zero-order valence-electron chi connectivity index (χ0n) is 24.5. The molecule has 0 spiro atoms. The standard InChI is InChI=1S/C34H42N2O5/c1-4-7-8-9-10-11-25-39-31-23-19-29(20-24-31)36-35-28-17-13-26(14-18-28)34(38)41-32-21-15-27(16-22-32)33(37)40-30(6-3)12-5-2/h13-24,30H,4-12,25H2,1-3H3/t30-/m0/s1. The fourth-order valence-electron chi connectivity index (χ4n) is 4.17. The monoisotopic (exact) mass is 558 g/mol. The molecule has 0 unspecified atom stereocenters. The lowest BCUT2D eigenvalue weighted by atomic mass is 10.1. The van der Waals surface area contributed by atoms with Crippen LogP contribution in [0.2, 0.25) is 0 Å². The minimum absolute atomic E-state index is 0.0906. The Labute approximate surface area is 243 Å². The summed E-state index contributed by atoms with van der Waals surface area (Å²) in [5.41, 5.74) is 2.12. The summed E-state index contributed by atoms with van der Waals surface area (Å²) in [6.45, 7) is 7.01. The van der Waals surface area contributed by atoms with E-state index in [2.05, 4.69) is 24.1 Å². The lowest BCUT2D eigenvalue weighted by Crippen LogP contribution is -2.17. The fourth-order valence-corrected chi connectivity index (χ4v) is 4.17. The van der Waals surface area contributed by atoms with Gasteiger partial charge in [-0.25, -0.2) is 9.59 Å². The first kappa shape index (κ1) is 31.5. The molecule has 218 valence electrons. The lowest BCUT2D eigenvalue weighted by Gasteiger charge is -2.15. The number of rotatable bonds is 17. The number of azo groups is 1. The fraction of sp³-hybridized carbons (Fsp3) is 0.412. The van der Waals surface area contributed by atoms with Crippen molar-refractivity contribution in [3.05, 3.63) is 83.9 Å². The average Bonchev–Trinajstić information content (AvgIpc) is 3.00. The highest BCUT2D eigenvalue weighted by Crippen LogP contribution is 2.23. The number of esters is 2. The highest BCUT2D eigenvalue weighted by Gasteiger charge is 2.15. The van der Waals surface area contributed by atoms with Crippen LogP contribution in [0.5, 0.6) is 11.5 Å². The molecule has 0 N–H and O–H groups in total. The van der Waals surface area contributed by atoms with Crippen molar-refractivity contribution in [2.75, 3.05) is 6.61 Å². The van der Waals surface area contributed by atoms with E-state index in [1.165, 1.54) is 32.1 Å². The Hall–Kier alpha value is -4.00. The molecular weight excluding hydrogens is 516 g/mol. The van der Waals surface area contributed by atoms with Crippen LogP contribution in [0.4, 0.5) is 11.4 Å². The number of hydrogen-bond acceptors (Lipinski definition) is 7. The zero-order valence-corrected chi connectivity index (χ0v) is 24.5. The number of hydrogen-bond donors (Lipinski definition) is 0. The van der Waals surface area contributed by atoms with Crippen LogP contribution in [-0.2, 0) is 4.74 Å². The third-order valence-corrected chi connectivity index (χ3v) is 6.63. The first-order chi connectivity index (χ1) is 20.0. The maximum atomic E-state index is 12.6. The van der Waals surface area contributed by atoms with Crippen LogP contribution >= 0.6 is 0 Å². The van der Waals surface area contributed by atoms with E-state index in [1.54, 1.807) is 48.5 Å². The number of nitrogens with zero attached hydrogens (tertiary/aromatic N) is 2. The predicted molar refractivity (Wildman–Crippen MR) is 162 cm³/mol. The van der Waals surface area contributed by atoms with Crippen LogP contribution in [0.25, 0.3) is 0 Å². The van der Waals surface area contributed by atoms with Gasteiger partial charge in [-0.3, -0.25) is 0 Å². The SMILES string of the molecule is CCCCCCCCOc1ccc(N=Nc2ccc(C(=O)Oc3ccc(C(=O)O[C@@H](CC)CCC)cc3)cc2)cc1. The van der Waals surface area contributed by atoms with Crippen LogP contribution in [0.15, 0.2) is 83.0 Å². The van der Waals surface area contributed by atoms with E-state index in [0.717, 1.165) is 38.0 Å². The maximum absolute atomic E-state index is 12.6. The number of carbonyl (C=O) groups is 2. The molecule has 0 heterocycles. The van der Waals surface area contributed by atoms with Crippen molar-refractivity contribution in [3.63, 3.8) is 0 Å². The van der Waals surface area contributed by atoms with Crippen molar-refractivity contribution in [2.24, 2.45) is 10.2 Å². The van der Waals surface area contributed by atoms with Gasteiger partial charge >= 0.3 is 11.9 Å². The average molecular weight is 559 g/mol.